The summed E-state index contributed by atoms with van der Waals surface area (Å²) >= 11 is 1.68. The number of carbonyl (C=O) groups is 1. The van der Waals surface area contributed by atoms with Crippen molar-refractivity contribution in [3.63, 3.8) is 0 Å². The van der Waals surface area contributed by atoms with Gasteiger partial charge in [0.05, 0.1) is 10.9 Å². The van der Waals surface area contributed by atoms with Gasteiger partial charge in [0.2, 0.25) is 5.69 Å². The molecule has 0 amide bonds. The van der Waals surface area contributed by atoms with E-state index in [1.54, 1.807) is 11.3 Å². The van der Waals surface area contributed by atoms with Crippen molar-refractivity contribution in [3.8, 4) is 33.5 Å². The Hall–Kier alpha value is -4.08. The molecule has 2 nitrogen and oxygen atoms in total. The summed E-state index contributed by atoms with van der Waals surface area (Å²) in [6, 6.07) is 35.0. The molecule has 33 heavy (non-hydrogen) atoms. The lowest BCUT2D eigenvalue weighted by molar-refractivity contribution is -0.497. The van der Waals surface area contributed by atoms with Gasteiger partial charge in [-0.05, 0) is 34.0 Å². The number of carbonyl (C=O) groups excluding carboxylic acids is 1. The number of aromatic nitrogens is 1. The van der Waals surface area contributed by atoms with Gasteiger partial charge in [0.25, 0.3) is 16.3 Å². The van der Waals surface area contributed by atoms with E-state index < -0.39 is 0 Å². The second-order valence-corrected chi connectivity index (χ2v) is 9.24. The lowest BCUT2D eigenvalue weighted by Crippen LogP contribution is -2.32. The molecule has 0 bridgehead atoms. The first-order valence-electron chi connectivity index (χ1n) is 11.0. The fraction of sp³-hybridized carbons (Fsp3) is 0. The van der Waals surface area contributed by atoms with Crippen LogP contribution in [0.4, 0.5) is 0 Å². The molecule has 0 aliphatic heterocycles. The van der Waals surface area contributed by atoms with Gasteiger partial charge in [-0.1, -0.05) is 96.3 Å². The molecule has 3 heteroatoms. The Labute approximate surface area is 195 Å². The normalized spacial score (nSPS) is 11.8. The van der Waals surface area contributed by atoms with E-state index in [1.807, 2.05) is 48.5 Å². The highest BCUT2D eigenvalue weighted by molar-refractivity contribution is 7.15. The molecular formula is C30H18NOS+. The molecule has 4 aromatic carbocycles. The second kappa shape index (κ2) is 6.96. The highest BCUT2D eigenvalue weighted by Crippen LogP contribution is 2.49. The van der Waals surface area contributed by atoms with Gasteiger partial charge < -0.3 is 0 Å². The first kappa shape index (κ1) is 18.5. The fourth-order valence-electron chi connectivity index (χ4n) is 5.11. The molecule has 0 atom stereocenters. The Morgan fingerprint density at radius 2 is 1.39 bits per heavy atom. The third-order valence-electron chi connectivity index (χ3n) is 6.53. The van der Waals surface area contributed by atoms with Crippen molar-refractivity contribution >= 4 is 32.7 Å². The summed E-state index contributed by atoms with van der Waals surface area (Å²) in [6.07, 6.45) is 0. The van der Waals surface area contributed by atoms with Gasteiger partial charge in [-0.3, -0.25) is 4.79 Å². The maximum atomic E-state index is 14.2. The van der Waals surface area contributed by atoms with Crippen molar-refractivity contribution in [2.24, 2.45) is 0 Å². The average molecular weight is 441 g/mol. The Balaban J connectivity index is 1.65. The predicted molar refractivity (Wildman–Crippen MR) is 135 cm³/mol. The minimum atomic E-state index is 0.0443. The number of fused-ring (bicyclic) bond motifs is 4. The average Bonchev–Trinajstić information content (AvgIpc) is 3.45. The number of thiazole rings is 1. The van der Waals surface area contributed by atoms with E-state index in [1.165, 1.54) is 16.3 Å². The molecule has 154 valence electrons. The SMILES string of the molecule is O=C(c1ccccc1)c1c2c(cc3scc(-c4ccccc4)[n+]13)-c1cccc3cccc-2c13. The molecule has 2 aromatic heterocycles. The largest absolute Gasteiger partial charge is 0.282 e. The van der Waals surface area contributed by atoms with Gasteiger partial charge in [0, 0.05) is 22.8 Å². The van der Waals surface area contributed by atoms with Crippen LogP contribution in [-0.2, 0) is 0 Å². The van der Waals surface area contributed by atoms with Crippen LogP contribution in [0.2, 0.25) is 0 Å². The van der Waals surface area contributed by atoms with Crippen LogP contribution in [0.15, 0.2) is 109 Å². The maximum absolute atomic E-state index is 14.2. The molecule has 0 saturated heterocycles. The van der Waals surface area contributed by atoms with Crippen molar-refractivity contribution in [1.82, 2.24) is 0 Å². The van der Waals surface area contributed by atoms with Crippen LogP contribution < -0.4 is 4.40 Å². The molecule has 7 rings (SSSR count). The van der Waals surface area contributed by atoms with Crippen LogP contribution in [0, 0.1) is 0 Å². The van der Waals surface area contributed by atoms with E-state index >= 15 is 0 Å². The summed E-state index contributed by atoms with van der Waals surface area (Å²) in [7, 11) is 0. The Kier molecular flexibility index (Phi) is 3.90. The van der Waals surface area contributed by atoms with E-state index in [0.717, 1.165) is 38.5 Å². The van der Waals surface area contributed by atoms with Gasteiger partial charge in [0.15, 0.2) is 0 Å². The number of rotatable bonds is 3. The Morgan fingerprint density at radius 3 is 2.15 bits per heavy atom. The van der Waals surface area contributed by atoms with Crippen LogP contribution in [-0.4, -0.2) is 5.78 Å². The first-order chi connectivity index (χ1) is 16.3. The molecule has 1 aliphatic carbocycles. The van der Waals surface area contributed by atoms with E-state index in [-0.39, 0.29) is 5.78 Å². The topological polar surface area (TPSA) is 21.2 Å². The number of benzene rings is 4. The van der Waals surface area contributed by atoms with Crippen molar-refractivity contribution in [2.45, 2.75) is 0 Å². The highest BCUT2D eigenvalue weighted by atomic mass is 32.1. The molecule has 0 unspecified atom stereocenters. The molecule has 0 radical (unpaired) electrons. The van der Waals surface area contributed by atoms with Crippen LogP contribution in [0.3, 0.4) is 0 Å². The molecular weight excluding hydrogens is 422 g/mol. The van der Waals surface area contributed by atoms with Crippen molar-refractivity contribution in [1.29, 1.82) is 0 Å². The maximum Gasteiger partial charge on any atom is 0.269 e. The molecule has 0 fully saturated rings. The van der Waals surface area contributed by atoms with Crippen LogP contribution in [0.5, 0.6) is 0 Å². The number of pyridine rings is 1. The third kappa shape index (κ3) is 2.60. The number of hydrogen-bond acceptors (Lipinski definition) is 2. The van der Waals surface area contributed by atoms with Crippen molar-refractivity contribution in [2.75, 3.05) is 0 Å². The van der Waals surface area contributed by atoms with Gasteiger partial charge in [-0.2, -0.15) is 0 Å². The Morgan fingerprint density at radius 1 is 0.697 bits per heavy atom. The smallest absolute Gasteiger partial charge is 0.269 e. The summed E-state index contributed by atoms with van der Waals surface area (Å²) in [5, 5.41) is 4.60. The molecule has 2 heterocycles. The number of nitrogens with zero attached hydrogens (tertiary/aromatic N) is 1. The summed E-state index contributed by atoms with van der Waals surface area (Å²) in [4.78, 5) is 15.2. The standard InChI is InChI=1S/C30H18NOS/c32-30(21-11-5-2-6-12-21)29-28-23-16-8-14-20-13-7-15-22(27(20)23)24(28)17-26-31(29)25(18-33-26)19-9-3-1-4-10-19/h1-18H/q+1. The zero-order valence-corrected chi connectivity index (χ0v) is 18.5. The van der Waals surface area contributed by atoms with E-state index in [4.69, 9.17) is 0 Å². The lowest BCUT2D eigenvalue weighted by atomic mass is 9.96. The monoisotopic (exact) mass is 440 g/mol. The molecule has 6 aromatic rings. The van der Waals surface area contributed by atoms with Gasteiger partial charge in [-0.15, -0.1) is 4.40 Å². The van der Waals surface area contributed by atoms with Crippen LogP contribution in [0.25, 0.3) is 49.1 Å². The lowest BCUT2D eigenvalue weighted by Gasteiger charge is -2.07. The molecule has 1 aliphatic rings. The van der Waals surface area contributed by atoms with Crippen LogP contribution in [0.1, 0.15) is 16.1 Å². The summed E-state index contributed by atoms with van der Waals surface area (Å²) < 4.78 is 2.17. The minimum Gasteiger partial charge on any atom is -0.282 e. The minimum absolute atomic E-state index is 0.0443. The highest BCUT2D eigenvalue weighted by Gasteiger charge is 2.36. The molecule has 0 saturated carbocycles. The quantitative estimate of drug-likeness (QED) is 0.210. The third-order valence-corrected chi connectivity index (χ3v) is 7.42. The van der Waals surface area contributed by atoms with Gasteiger partial charge in [0.1, 0.15) is 0 Å². The van der Waals surface area contributed by atoms with E-state index in [9.17, 15) is 4.79 Å². The number of ketones is 1. The van der Waals surface area contributed by atoms with Crippen LogP contribution >= 0.6 is 11.3 Å². The van der Waals surface area contributed by atoms with E-state index in [0.29, 0.717) is 5.56 Å². The Bertz CT molecular complexity index is 1710. The predicted octanol–water partition coefficient (Wildman–Crippen LogP) is 7.19. The van der Waals surface area contributed by atoms with Crippen molar-refractivity contribution < 1.29 is 9.20 Å². The second-order valence-electron chi connectivity index (χ2n) is 8.35. The first-order valence-corrected chi connectivity index (χ1v) is 11.9. The number of hydrogen-bond donors (Lipinski definition) is 0. The van der Waals surface area contributed by atoms with E-state index in [2.05, 4.69) is 64.4 Å². The van der Waals surface area contributed by atoms with Gasteiger partial charge in [-0.25, -0.2) is 0 Å². The zero-order valence-electron chi connectivity index (χ0n) is 17.7. The van der Waals surface area contributed by atoms with Crippen molar-refractivity contribution in [3.05, 3.63) is 120 Å². The molecule has 0 spiro atoms. The fourth-order valence-corrected chi connectivity index (χ4v) is 6.07. The molecule has 0 N–H and O–H groups in total. The summed E-state index contributed by atoms with van der Waals surface area (Å²) in [5.41, 5.74) is 8.09. The summed E-state index contributed by atoms with van der Waals surface area (Å²) in [5.74, 6) is 0.0443. The summed E-state index contributed by atoms with van der Waals surface area (Å²) in [6.45, 7) is 0. The van der Waals surface area contributed by atoms with Gasteiger partial charge >= 0.3 is 0 Å². The zero-order chi connectivity index (χ0) is 21.9.